The van der Waals surface area contributed by atoms with Crippen LogP contribution in [0.15, 0.2) is 46.9 Å². The van der Waals surface area contributed by atoms with Gasteiger partial charge in [0.05, 0.1) is 11.3 Å². The molecule has 0 fully saturated rings. The number of hydrogen-bond acceptors (Lipinski definition) is 4. The van der Waals surface area contributed by atoms with Gasteiger partial charge in [-0.2, -0.15) is 0 Å². The molecule has 0 bridgehead atoms. The minimum Gasteiger partial charge on any atom is -0.459 e. The van der Waals surface area contributed by atoms with E-state index in [0.717, 1.165) is 4.90 Å². The minimum atomic E-state index is -0.959. The SMILES string of the molecule is CC(C(=O)OCc1ccc(F)cc1)N1C(=O)C(=O)c2cc(Br)ccc21. The minimum absolute atomic E-state index is 0.0490. The summed E-state index contributed by atoms with van der Waals surface area (Å²) in [6, 6.07) is 9.42. The van der Waals surface area contributed by atoms with Gasteiger partial charge in [0.15, 0.2) is 0 Å². The maximum Gasteiger partial charge on any atom is 0.329 e. The normalized spacial score (nSPS) is 14.4. The molecule has 1 amide bonds. The van der Waals surface area contributed by atoms with Gasteiger partial charge in [-0.1, -0.05) is 28.1 Å². The van der Waals surface area contributed by atoms with Crippen molar-refractivity contribution in [1.29, 1.82) is 0 Å². The second kappa shape index (κ2) is 6.76. The van der Waals surface area contributed by atoms with Crippen molar-refractivity contribution >= 4 is 39.3 Å². The molecule has 25 heavy (non-hydrogen) atoms. The smallest absolute Gasteiger partial charge is 0.329 e. The standard InChI is InChI=1S/C18H13BrFNO4/c1-10(18(24)25-9-11-2-5-13(20)6-3-11)21-15-7-4-12(19)8-14(15)16(22)17(21)23/h2-8,10H,9H2,1H3. The first kappa shape index (κ1) is 17.3. The highest BCUT2D eigenvalue weighted by Crippen LogP contribution is 2.33. The topological polar surface area (TPSA) is 63.7 Å². The summed E-state index contributed by atoms with van der Waals surface area (Å²) in [5.41, 5.74) is 1.25. The molecular weight excluding hydrogens is 393 g/mol. The van der Waals surface area contributed by atoms with Crippen molar-refractivity contribution in [3.05, 3.63) is 63.9 Å². The molecule has 1 heterocycles. The summed E-state index contributed by atoms with van der Waals surface area (Å²) < 4.78 is 18.7. The Balaban J connectivity index is 1.75. The second-order valence-electron chi connectivity index (χ2n) is 5.58. The van der Waals surface area contributed by atoms with Crippen molar-refractivity contribution < 1.29 is 23.5 Å². The zero-order chi connectivity index (χ0) is 18.1. The monoisotopic (exact) mass is 405 g/mol. The number of halogens is 2. The van der Waals surface area contributed by atoms with Crippen molar-refractivity contribution in [2.75, 3.05) is 4.90 Å². The summed E-state index contributed by atoms with van der Waals surface area (Å²) in [6.45, 7) is 1.45. The number of fused-ring (bicyclic) bond motifs is 1. The van der Waals surface area contributed by atoms with Crippen LogP contribution in [0.2, 0.25) is 0 Å². The lowest BCUT2D eigenvalue weighted by Crippen LogP contribution is -2.43. The highest BCUT2D eigenvalue weighted by Gasteiger charge is 2.41. The first-order chi connectivity index (χ1) is 11.9. The molecular formula is C18H13BrFNO4. The summed E-state index contributed by atoms with van der Waals surface area (Å²) >= 11 is 3.25. The number of benzene rings is 2. The van der Waals surface area contributed by atoms with Crippen LogP contribution in [0.1, 0.15) is 22.8 Å². The Kier molecular flexibility index (Phi) is 4.67. The number of rotatable bonds is 4. The highest BCUT2D eigenvalue weighted by molar-refractivity contribution is 9.10. The number of ketones is 1. The third kappa shape index (κ3) is 3.32. The Bertz CT molecular complexity index is 866. The number of amides is 1. The number of nitrogens with zero attached hydrogens (tertiary/aromatic N) is 1. The molecule has 0 radical (unpaired) electrons. The fraction of sp³-hybridized carbons (Fsp3) is 0.167. The van der Waals surface area contributed by atoms with E-state index in [1.165, 1.54) is 31.2 Å². The predicted octanol–water partition coefficient (Wildman–Crippen LogP) is 3.25. The van der Waals surface area contributed by atoms with Crippen LogP contribution in [-0.2, 0) is 20.9 Å². The van der Waals surface area contributed by atoms with Crippen LogP contribution in [0, 0.1) is 5.82 Å². The Morgan fingerprint density at radius 2 is 1.88 bits per heavy atom. The van der Waals surface area contributed by atoms with E-state index < -0.39 is 23.7 Å². The molecule has 0 aromatic heterocycles. The molecule has 2 aromatic rings. The molecule has 2 aromatic carbocycles. The van der Waals surface area contributed by atoms with E-state index >= 15 is 0 Å². The number of Topliss-reactive ketones (excluding diaryl/α,β-unsaturated/α-hetero) is 1. The number of esters is 1. The summed E-state index contributed by atoms with van der Waals surface area (Å²) in [6.07, 6.45) is 0. The van der Waals surface area contributed by atoms with E-state index in [4.69, 9.17) is 4.74 Å². The van der Waals surface area contributed by atoms with Crippen LogP contribution in [0.3, 0.4) is 0 Å². The highest BCUT2D eigenvalue weighted by atomic mass is 79.9. The van der Waals surface area contributed by atoms with Gasteiger partial charge in [-0.25, -0.2) is 9.18 Å². The first-order valence-corrected chi connectivity index (χ1v) is 8.26. The quantitative estimate of drug-likeness (QED) is 0.578. The molecule has 7 heteroatoms. The van der Waals surface area contributed by atoms with Crippen molar-refractivity contribution in [2.24, 2.45) is 0 Å². The van der Waals surface area contributed by atoms with E-state index in [1.54, 1.807) is 18.2 Å². The number of hydrogen-bond donors (Lipinski definition) is 0. The van der Waals surface area contributed by atoms with Crippen molar-refractivity contribution in [3.63, 3.8) is 0 Å². The lowest BCUT2D eigenvalue weighted by atomic mass is 10.1. The van der Waals surface area contributed by atoms with E-state index in [0.29, 0.717) is 15.7 Å². The Labute approximate surface area is 151 Å². The first-order valence-electron chi connectivity index (χ1n) is 7.47. The molecule has 0 saturated heterocycles. The van der Waals surface area contributed by atoms with Gasteiger partial charge in [0.25, 0.3) is 11.7 Å². The maximum atomic E-state index is 12.9. The Morgan fingerprint density at radius 3 is 2.56 bits per heavy atom. The van der Waals surface area contributed by atoms with Crippen LogP contribution in [0.25, 0.3) is 0 Å². The number of ether oxygens (including phenoxy) is 1. The third-order valence-electron chi connectivity index (χ3n) is 3.90. The molecule has 0 aliphatic carbocycles. The van der Waals surface area contributed by atoms with Gasteiger partial charge in [0, 0.05) is 4.47 Å². The number of carbonyl (C=O) groups excluding carboxylic acids is 3. The average Bonchev–Trinajstić information content (AvgIpc) is 2.84. The summed E-state index contributed by atoms with van der Waals surface area (Å²) in [5, 5.41) is 0. The fourth-order valence-electron chi connectivity index (χ4n) is 2.58. The van der Waals surface area contributed by atoms with E-state index in [9.17, 15) is 18.8 Å². The fourth-order valence-corrected chi connectivity index (χ4v) is 2.94. The summed E-state index contributed by atoms with van der Waals surface area (Å²) in [5.74, 6) is -2.46. The second-order valence-corrected chi connectivity index (χ2v) is 6.49. The van der Waals surface area contributed by atoms with Gasteiger partial charge in [0.2, 0.25) is 0 Å². The lowest BCUT2D eigenvalue weighted by Gasteiger charge is -2.23. The molecule has 1 aliphatic rings. The zero-order valence-electron chi connectivity index (χ0n) is 13.2. The molecule has 0 N–H and O–H groups in total. The molecule has 128 valence electrons. The molecule has 1 atom stereocenters. The van der Waals surface area contributed by atoms with E-state index in [-0.39, 0.29) is 18.0 Å². The lowest BCUT2D eigenvalue weighted by molar-refractivity contribution is -0.146. The molecule has 1 unspecified atom stereocenters. The van der Waals surface area contributed by atoms with Crippen LogP contribution in [-0.4, -0.2) is 23.7 Å². The van der Waals surface area contributed by atoms with Crippen LogP contribution in [0.5, 0.6) is 0 Å². The van der Waals surface area contributed by atoms with Gasteiger partial charge < -0.3 is 4.74 Å². The molecule has 1 aliphatic heterocycles. The van der Waals surface area contributed by atoms with E-state index in [1.807, 2.05) is 0 Å². The molecule has 5 nitrogen and oxygen atoms in total. The largest absolute Gasteiger partial charge is 0.459 e. The Morgan fingerprint density at radius 1 is 1.20 bits per heavy atom. The average molecular weight is 406 g/mol. The molecule has 0 spiro atoms. The zero-order valence-corrected chi connectivity index (χ0v) is 14.7. The molecule has 3 rings (SSSR count). The summed E-state index contributed by atoms with van der Waals surface area (Å²) in [4.78, 5) is 37.8. The van der Waals surface area contributed by atoms with Crippen LogP contribution >= 0.6 is 15.9 Å². The third-order valence-corrected chi connectivity index (χ3v) is 4.39. The van der Waals surface area contributed by atoms with Crippen molar-refractivity contribution in [1.82, 2.24) is 0 Å². The van der Waals surface area contributed by atoms with Gasteiger partial charge in [0.1, 0.15) is 18.5 Å². The number of anilines is 1. The Hall–Kier alpha value is -2.54. The van der Waals surface area contributed by atoms with Gasteiger partial charge in [-0.05, 0) is 42.8 Å². The van der Waals surface area contributed by atoms with Gasteiger partial charge >= 0.3 is 5.97 Å². The van der Waals surface area contributed by atoms with Crippen LogP contribution < -0.4 is 4.90 Å². The van der Waals surface area contributed by atoms with E-state index in [2.05, 4.69) is 15.9 Å². The van der Waals surface area contributed by atoms with Gasteiger partial charge in [-0.15, -0.1) is 0 Å². The van der Waals surface area contributed by atoms with Crippen molar-refractivity contribution in [3.8, 4) is 0 Å². The maximum absolute atomic E-state index is 12.9. The van der Waals surface area contributed by atoms with Crippen molar-refractivity contribution in [2.45, 2.75) is 19.6 Å². The van der Waals surface area contributed by atoms with Crippen LogP contribution in [0.4, 0.5) is 10.1 Å². The number of carbonyl (C=O) groups is 3. The molecule has 0 saturated carbocycles. The van der Waals surface area contributed by atoms with Gasteiger partial charge in [-0.3, -0.25) is 14.5 Å². The summed E-state index contributed by atoms with van der Waals surface area (Å²) in [7, 11) is 0. The predicted molar refractivity (Wildman–Crippen MR) is 91.6 cm³/mol.